The summed E-state index contributed by atoms with van der Waals surface area (Å²) in [4.78, 5) is 4.87. The summed E-state index contributed by atoms with van der Waals surface area (Å²) in [6, 6.07) is 1.43. The van der Waals surface area contributed by atoms with Crippen molar-refractivity contribution in [3.63, 3.8) is 0 Å². The molecule has 0 spiro atoms. The van der Waals surface area contributed by atoms with Gasteiger partial charge >= 0.3 is 0 Å². The predicted molar refractivity (Wildman–Crippen MR) is 84.8 cm³/mol. The van der Waals surface area contributed by atoms with E-state index in [4.69, 9.17) is 0 Å². The van der Waals surface area contributed by atoms with E-state index in [-0.39, 0.29) is 0 Å². The SMILES string of the molecule is CCN(CCNC1CCCCCC1)C(C)CN(C)C. The van der Waals surface area contributed by atoms with Gasteiger partial charge in [0.05, 0.1) is 0 Å². The van der Waals surface area contributed by atoms with Gasteiger partial charge < -0.3 is 10.2 Å². The highest BCUT2D eigenvalue weighted by molar-refractivity contribution is 4.73. The summed E-state index contributed by atoms with van der Waals surface area (Å²) in [5.74, 6) is 0. The minimum atomic E-state index is 0.649. The second-order valence-corrected chi connectivity index (χ2v) is 6.38. The maximum atomic E-state index is 3.78. The van der Waals surface area contributed by atoms with E-state index < -0.39 is 0 Å². The first-order chi connectivity index (χ1) is 9.13. The van der Waals surface area contributed by atoms with Crippen LogP contribution in [0.25, 0.3) is 0 Å². The number of nitrogens with one attached hydrogen (secondary N) is 1. The predicted octanol–water partition coefficient (Wildman–Crippen LogP) is 2.57. The largest absolute Gasteiger partial charge is 0.313 e. The fourth-order valence-corrected chi connectivity index (χ4v) is 3.23. The lowest BCUT2D eigenvalue weighted by molar-refractivity contribution is 0.180. The van der Waals surface area contributed by atoms with Gasteiger partial charge in [-0.3, -0.25) is 4.90 Å². The maximum Gasteiger partial charge on any atom is 0.0195 e. The highest BCUT2D eigenvalue weighted by Crippen LogP contribution is 2.16. The second-order valence-electron chi connectivity index (χ2n) is 6.38. The van der Waals surface area contributed by atoms with Gasteiger partial charge in [-0.05, 0) is 40.4 Å². The van der Waals surface area contributed by atoms with Crippen molar-refractivity contribution in [2.45, 2.75) is 64.5 Å². The lowest BCUT2D eigenvalue weighted by atomic mass is 10.1. The highest BCUT2D eigenvalue weighted by Gasteiger charge is 2.14. The van der Waals surface area contributed by atoms with Crippen LogP contribution < -0.4 is 5.32 Å². The quantitative estimate of drug-likeness (QED) is 0.683. The van der Waals surface area contributed by atoms with Crippen LogP contribution in [0.5, 0.6) is 0 Å². The van der Waals surface area contributed by atoms with E-state index in [9.17, 15) is 0 Å². The topological polar surface area (TPSA) is 18.5 Å². The van der Waals surface area contributed by atoms with Crippen molar-refractivity contribution >= 4 is 0 Å². The van der Waals surface area contributed by atoms with Crippen LogP contribution in [0.4, 0.5) is 0 Å². The summed E-state index contributed by atoms with van der Waals surface area (Å²) >= 11 is 0. The number of rotatable bonds is 8. The van der Waals surface area contributed by atoms with Gasteiger partial charge in [-0.15, -0.1) is 0 Å². The number of hydrogen-bond donors (Lipinski definition) is 1. The third kappa shape index (κ3) is 7.28. The molecule has 1 aliphatic rings. The molecular weight excluding hydrogens is 234 g/mol. The molecule has 0 saturated heterocycles. The summed E-state index contributed by atoms with van der Waals surface area (Å²) < 4.78 is 0. The fourth-order valence-electron chi connectivity index (χ4n) is 3.23. The van der Waals surface area contributed by atoms with Gasteiger partial charge in [0.25, 0.3) is 0 Å². The fraction of sp³-hybridized carbons (Fsp3) is 1.00. The van der Waals surface area contributed by atoms with Crippen LogP contribution in [0.3, 0.4) is 0 Å². The first kappa shape index (κ1) is 16.9. The molecule has 1 fully saturated rings. The van der Waals surface area contributed by atoms with Gasteiger partial charge in [0, 0.05) is 31.7 Å². The Balaban J connectivity index is 2.20. The Morgan fingerprint density at radius 1 is 1.11 bits per heavy atom. The van der Waals surface area contributed by atoms with Crippen molar-refractivity contribution in [3.05, 3.63) is 0 Å². The van der Waals surface area contributed by atoms with Crippen molar-refractivity contribution in [2.24, 2.45) is 0 Å². The van der Waals surface area contributed by atoms with Crippen molar-refractivity contribution < 1.29 is 0 Å². The third-order valence-corrected chi connectivity index (χ3v) is 4.35. The Morgan fingerprint density at radius 3 is 2.26 bits per heavy atom. The van der Waals surface area contributed by atoms with Gasteiger partial charge in [0.15, 0.2) is 0 Å². The molecule has 114 valence electrons. The zero-order valence-corrected chi connectivity index (χ0v) is 13.6. The van der Waals surface area contributed by atoms with Gasteiger partial charge in [-0.25, -0.2) is 0 Å². The molecule has 1 atom stereocenters. The molecule has 0 aromatic carbocycles. The number of likely N-dealkylation sites (N-methyl/N-ethyl adjacent to an activating group) is 2. The van der Waals surface area contributed by atoms with E-state index in [1.54, 1.807) is 0 Å². The van der Waals surface area contributed by atoms with E-state index in [1.807, 2.05) is 0 Å². The molecule has 1 saturated carbocycles. The summed E-state index contributed by atoms with van der Waals surface area (Å²) in [5, 5.41) is 3.78. The Morgan fingerprint density at radius 2 is 1.74 bits per heavy atom. The molecule has 1 N–H and O–H groups in total. The van der Waals surface area contributed by atoms with E-state index in [1.165, 1.54) is 45.1 Å². The Bertz CT molecular complexity index is 210. The first-order valence-electron chi connectivity index (χ1n) is 8.25. The lowest BCUT2D eigenvalue weighted by Gasteiger charge is -2.30. The smallest absolute Gasteiger partial charge is 0.0195 e. The zero-order valence-electron chi connectivity index (χ0n) is 13.6. The van der Waals surface area contributed by atoms with Gasteiger partial charge in [-0.2, -0.15) is 0 Å². The lowest BCUT2D eigenvalue weighted by Crippen LogP contribution is -2.44. The molecule has 1 rings (SSSR count). The summed E-state index contributed by atoms with van der Waals surface area (Å²) in [7, 11) is 4.32. The van der Waals surface area contributed by atoms with Crippen LogP contribution in [0, 0.1) is 0 Å². The van der Waals surface area contributed by atoms with E-state index in [2.05, 4.69) is 43.1 Å². The van der Waals surface area contributed by atoms with E-state index >= 15 is 0 Å². The normalized spacial score (nSPS) is 19.9. The molecule has 0 aromatic rings. The summed E-state index contributed by atoms with van der Waals surface area (Å²) in [5.41, 5.74) is 0. The van der Waals surface area contributed by atoms with Crippen LogP contribution in [-0.4, -0.2) is 62.2 Å². The van der Waals surface area contributed by atoms with E-state index in [0.29, 0.717) is 6.04 Å². The van der Waals surface area contributed by atoms with Gasteiger partial charge in [-0.1, -0.05) is 32.6 Å². The monoisotopic (exact) mass is 269 g/mol. The van der Waals surface area contributed by atoms with Crippen LogP contribution in [0.15, 0.2) is 0 Å². The van der Waals surface area contributed by atoms with Crippen molar-refractivity contribution in [3.8, 4) is 0 Å². The van der Waals surface area contributed by atoms with Crippen LogP contribution in [0.2, 0.25) is 0 Å². The Kier molecular flexibility index (Phi) is 8.67. The molecule has 0 heterocycles. The van der Waals surface area contributed by atoms with Crippen molar-refractivity contribution in [2.75, 3.05) is 40.3 Å². The molecule has 0 aromatic heterocycles. The minimum absolute atomic E-state index is 0.649. The van der Waals surface area contributed by atoms with Crippen LogP contribution in [-0.2, 0) is 0 Å². The van der Waals surface area contributed by atoms with Gasteiger partial charge in [0.2, 0.25) is 0 Å². The molecule has 1 unspecified atom stereocenters. The molecular formula is C16H35N3. The zero-order chi connectivity index (χ0) is 14.1. The Labute approximate surface area is 120 Å². The second kappa shape index (κ2) is 9.73. The number of hydrogen-bond acceptors (Lipinski definition) is 3. The highest BCUT2D eigenvalue weighted by atomic mass is 15.2. The summed E-state index contributed by atoms with van der Waals surface area (Å²) in [6.45, 7) is 9.25. The standard InChI is InChI=1S/C16H35N3/c1-5-19(15(2)14-18(3)4)13-12-17-16-10-8-6-7-9-11-16/h15-17H,5-14H2,1-4H3. The average molecular weight is 269 g/mol. The van der Waals surface area contributed by atoms with Crippen LogP contribution >= 0.6 is 0 Å². The van der Waals surface area contributed by atoms with Crippen LogP contribution in [0.1, 0.15) is 52.4 Å². The number of nitrogens with zero attached hydrogens (tertiary/aromatic N) is 2. The maximum absolute atomic E-state index is 3.78. The minimum Gasteiger partial charge on any atom is -0.313 e. The molecule has 19 heavy (non-hydrogen) atoms. The van der Waals surface area contributed by atoms with E-state index in [0.717, 1.165) is 25.7 Å². The molecule has 3 nitrogen and oxygen atoms in total. The summed E-state index contributed by atoms with van der Waals surface area (Å²) in [6.07, 6.45) is 8.51. The third-order valence-electron chi connectivity index (χ3n) is 4.35. The molecule has 1 aliphatic carbocycles. The molecule has 0 amide bonds. The van der Waals surface area contributed by atoms with Crippen molar-refractivity contribution in [1.29, 1.82) is 0 Å². The Hall–Kier alpha value is -0.120. The molecule has 0 aliphatic heterocycles. The van der Waals surface area contributed by atoms with Crippen molar-refractivity contribution in [1.82, 2.24) is 15.1 Å². The van der Waals surface area contributed by atoms with Gasteiger partial charge in [0.1, 0.15) is 0 Å². The molecule has 0 bridgehead atoms. The average Bonchev–Trinajstić information content (AvgIpc) is 2.62. The first-order valence-corrected chi connectivity index (χ1v) is 8.25. The molecule has 0 radical (unpaired) electrons. The molecule has 3 heteroatoms.